The van der Waals surface area contributed by atoms with Crippen molar-refractivity contribution in [2.75, 3.05) is 13.2 Å². The Morgan fingerprint density at radius 2 is 2.33 bits per heavy atom. The fraction of sp³-hybridized carbons (Fsp3) is 0.692. The maximum absolute atomic E-state index is 6.14. The molecule has 5 heteroatoms. The third kappa shape index (κ3) is 4.10. The van der Waals surface area contributed by atoms with Gasteiger partial charge in [0.15, 0.2) is 0 Å². The number of hydrogen-bond donors (Lipinski definition) is 1. The Morgan fingerprint density at radius 3 is 2.94 bits per heavy atom. The molecule has 0 radical (unpaired) electrons. The minimum Gasteiger partial charge on any atom is -0.378 e. The Morgan fingerprint density at radius 1 is 1.50 bits per heavy atom. The zero-order chi connectivity index (χ0) is 13.0. The summed E-state index contributed by atoms with van der Waals surface area (Å²) >= 11 is 13.5. The first-order chi connectivity index (χ1) is 8.66. The average Bonchev–Trinajstić information content (AvgIpc) is 2.70. The van der Waals surface area contributed by atoms with E-state index in [1.165, 1.54) is 30.6 Å². The number of ether oxygens (including phenoxy) is 1. The van der Waals surface area contributed by atoms with E-state index in [1.807, 2.05) is 6.07 Å². The molecule has 1 saturated heterocycles. The van der Waals surface area contributed by atoms with Crippen molar-refractivity contribution in [2.24, 2.45) is 0 Å². The molecule has 1 aliphatic heterocycles. The lowest BCUT2D eigenvalue weighted by atomic mass is 10.1. The van der Waals surface area contributed by atoms with E-state index in [9.17, 15) is 0 Å². The van der Waals surface area contributed by atoms with Crippen LogP contribution in [0.25, 0.3) is 0 Å². The molecule has 102 valence electrons. The fourth-order valence-corrected chi connectivity index (χ4v) is 3.90. The summed E-state index contributed by atoms with van der Waals surface area (Å²) in [6, 6.07) is 2.19. The largest absolute Gasteiger partial charge is 0.378 e. The third-order valence-corrected chi connectivity index (χ3v) is 4.86. The predicted molar refractivity (Wildman–Crippen MR) is 79.0 cm³/mol. The van der Waals surface area contributed by atoms with Gasteiger partial charge in [0, 0.05) is 12.6 Å². The van der Waals surface area contributed by atoms with Crippen molar-refractivity contribution in [3.8, 4) is 0 Å². The maximum Gasteiger partial charge on any atom is 0.0991 e. The minimum absolute atomic E-state index is 0.241. The summed E-state index contributed by atoms with van der Waals surface area (Å²) < 4.78 is 7.24. The Hall–Kier alpha value is 0.200. The lowest BCUT2D eigenvalue weighted by Gasteiger charge is -2.23. The number of halogens is 2. The van der Waals surface area contributed by atoms with E-state index in [2.05, 4.69) is 12.2 Å². The summed E-state index contributed by atoms with van der Waals surface area (Å²) in [4.78, 5) is 0. The first-order valence-electron chi connectivity index (χ1n) is 6.46. The average molecular weight is 308 g/mol. The highest BCUT2D eigenvalue weighted by atomic mass is 35.5. The van der Waals surface area contributed by atoms with Gasteiger partial charge >= 0.3 is 0 Å². The molecule has 2 nitrogen and oxygen atoms in total. The van der Waals surface area contributed by atoms with Crippen LogP contribution < -0.4 is 5.32 Å². The number of nitrogens with one attached hydrogen (secondary N) is 1. The van der Waals surface area contributed by atoms with Crippen LogP contribution in [0.1, 0.15) is 44.2 Å². The Labute approximate surface area is 123 Å². The summed E-state index contributed by atoms with van der Waals surface area (Å²) in [6.07, 6.45) is 5.20. The van der Waals surface area contributed by atoms with Gasteiger partial charge in [0.05, 0.1) is 14.8 Å². The normalized spacial score (nSPS) is 22.1. The second-order valence-electron chi connectivity index (χ2n) is 4.73. The molecule has 18 heavy (non-hydrogen) atoms. The van der Waals surface area contributed by atoms with E-state index in [-0.39, 0.29) is 6.04 Å². The van der Waals surface area contributed by atoms with Crippen molar-refractivity contribution < 1.29 is 4.74 Å². The lowest BCUT2D eigenvalue weighted by molar-refractivity contribution is 0.0113. The van der Waals surface area contributed by atoms with Crippen LogP contribution in [0.5, 0.6) is 0 Å². The smallest absolute Gasteiger partial charge is 0.0991 e. The molecule has 0 aromatic carbocycles. The molecule has 1 aromatic heterocycles. The van der Waals surface area contributed by atoms with Crippen molar-refractivity contribution in [3.05, 3.63) is 20.3 Å². The van der Waals surface area contributed by atoms with Crippen molar-refractivity contribution in [1.82, 2.24) is 5.32 Å². The monoisotopic (exact) mass is 307 g/mol. The number of rotatable bonds is 5. The van der Waals surface area contributed by atoms with E-state index in [4.69, 9.17) is 27.9 Å². The molecule has 2 unspecified atom stereocenters. The zero-order valence-corrected chi connectivity index (χ0v) is 12.9. The molecular formula is C13H19Cl2NOS. The number of hydrogen-bond acceptors (Lipinski definition) is 3. The second-order valence-corrected chi connectivity index (χ2v) is 7.02. The molecule has 2 atom stereocenters. The van der Waals surface area contributed by atoms with Crippen molar-refractivity contribution in [1.29, 1.82) is 0 Å². The molecule has 2 rings (SSSR count). The molecule has 0 saturated carbocycles. The predicted octanol–water partition coefficient (Wildman–Crippen LogP) is 4.66. The van der Waals surface area contributed by atoms with E-state index in [0.717, 1.165) is 33.8 Å². The second kappa shape index (κ2) is 7.11. The van der Waals surface area contributed by atoms with E-state index in [1.54, 1.807) is 0 Å². The van der Waals surface area contributed by atoms with E-state index in [0.29, 0.717) is 6.10 Å². The Balaban J connectivity index is 1.74. The molecular weight excluding hydrogens is 289 g/mol. The van der Waals surface area contributed by atoms with Crippen molar-refractivity contribution in [2.45, 2.75) is 44.8 Å². The molecule has 0 amide bonds. The number of thiophene rings is 1. The molecule has 0 spiro atoms. The van der Waals surface area contributed by atoms with Crippen molar-refractivity contribution >= 4 is 34.5 Å². The zero-order valence-electron chi connectivity index (χ0n) is 10.5. The van der Waals surface area contributed by atoms with Crippen LogP contribution in [0.3, 0.4) is 0 Å². The van der Waals surface area contributed by atoms with Gasteiger partial charge in [-0.3, -0.25) is 0 Å². The fourth-order valence-electron chi connectivity index (χ4n) is 2.25. The first kappa shape index (κ1) is 14.6. The van der Waals surface area contributed by atoms with Gasteiger partial charge in [-0.15, -0.1) is 11.3 Å². The minimum atomic E-state index is 0.241. The van der Waals surface area contributed by atoms with Gasteiger partial charge in [-0.2, -0.15) is 0 Å². The standard InChI is InChI=1S/C13H19Cl2NOS/c1-9(11-8-12(14)18-13(11)15)16-6-5-10-4-2-3-7-17-10/h8-10,16H,2-7H2,1H3. The molecule has 1 fully saturated rings. The van der Waals surface area contributed by atoms with E-state index >= 15 is 0 Å². The Kier molecular flexibility index (Phi) is 5.77. The lowest BCUT2D eigenvalue weighted by Crippen LogP contribution is -2.26. The topological polar surface area (TPSA) is 21.3 Å². The summed E-state index contributed by atoms with van der Waals surface area (Å²) in [6.45, 7) is 3.99. The molecule has 0 bridgehead atoms. The van der Waals surface area contributed by atoms with Crippen LogP contribution in [-0.2, 0) is 4.74 Å². The van der Waals surface area contributed by atoms with Gasteiger partial charge < -0.3 is 10.1 Å². The van der Waals surface area contributed by atoms with Crippen LogP contribution in [0, 0.1) is 0 Å². The van der Waals surface area contributed by atoms with Crippen LogP contribution in [0.15, 0.2) is 6.07 Å². The molecule has 1 N–H and O–H groups in total. The molecule has 0 aliphatic carbocycles. The highest BCUT2D eigenvalue weighted by Gasteiger charge is 2.16. The van der Waals surface area contributed by atoms with Crippen LogP contribution in [-0.4, -0.2) is 19.3 Å². The van der Waals surface area contributed by atoms with Gasteiger partial charge in [-0.05, 0) is 50.8 Å². The first-order valence-corrected chi connectivity index (χ1v) is 8.04. The third-order valence-electron chi connectivity index (χ3n) is 3.34. The van der Waals surface area contributed by atoms with Crippen LogP contribution in [0.2, 0.25) is 8.67 Å². The van der Waals surface area contributed by atoms with Gasteiger partial charge in [0.2, 0.25) is 0 Å². The highest BCUT2D eigenvalue weighted by molar-refractivity contribution is 7.20. The SMILES string of the molecule is CC(NCCC1CCCCO1)c1cc(Cl)sc1Cl. The van der Waals surface area contributed by atoms with Crippen LogP contribution >= 0.6 is 34.5 Å². The molecule has 1 aromatic rings. The summed E-state index contributed by atoms with van der Waals surface area (Å²) in [5.41, 5.74) is 1.09. The summed E-state index contributed by atoms with van der Waals surface area (Å²) in [5, 5.41) is 3.48. The maximum atomic E-state index is 6.14. The van der Waals surface area contributed by atoms with Gasteiger partial charge in [0.25, 0.3) is 0 Å². The van der Waals surface area contributed by atoms with Gasteiger partial charge in [-0.1, -0.05) is 23.2 Å². The molecule has 2 heterocycles. The quantitative estimate of drug-likeness (QED) is 0.854. The van der Waals surface area contributed by atoms with Crippen molar-refractivity contribution in [3.63, 3.8) is 0 Å². The van der Waals surface area contributed by atoms with Gasteiger partial charge in [-0.25, -0.2) is 0 Å². The van der Waals surface area contributed by atoms with Crippen LogP contribution in [0.4, 0.5) is 0 Å². The summed E-state index contributed by atoms with van der Waals surface area (Å²) in [5.74, 6) is 0. The summed E-state index contributed by atoms with van der Waals surface area (Å²) in [7, 11) is 0. The van der Waals surface area contributed by atoms with Gasteiger partial charge in [0.1, 0.15) is 0 Å². The molecule has 1 aliphatic rings. The Bertz CT molecular complexity index is 377. The van der Waals surface area contributed by atoms with E-state index < -0.39 is 0 Å². The highest BCUT2D eigenvalue weighted by Crippen LogP contribution is 2.34.